The molecule has 0 unspecified atom stereocenters. The number of rotatable bonds is 8. The van der Waals surface area contributed by atoms with Gasteiger partial charge in [0.2, 0.25) is 0 Å². The summed E-state index contributed by atoms with van der Waals surface area (Å²) in [4.78, 5) is 14.6. The molecule has 1 amide bonds. The molecule has 0 spiro atoms. The van der Waals surface area contributed by atoms with Gasteiger partial charge in [0.25, 0.3) is 5.91 Å². The number of carbonyl (C=O) groups excluding carboxylic acids is 1. The molecule has 0 aliphatic carbocycles. The molecule has 2 aromatic carbocycles. The fraction of sp³-hybridized carbons (Fsp3) is 0.273. The molecule has 0 aliphatic rings. The van der Waals surface area contributed by atoms with E-state index in [4.69, 9.17) is 10.00 Å². The van der Waals surface area contributed by atoms with E-state index in [0.717, 1.165) is 5.56 Å². The summed E-state index contributed by atoms with van der Waals surface area (Å²) in [7, 11) is 0. The Hall–Kier alpha value is -3.06. The molecular weight excluding hydrogens is 324 g/mol. The lowest BCUT2D eigenvalue weighted by Gasteiger charge is -2.22. The molecule has 26 heavy (non-hydrogen) atoms. The van der Waals surface area contributed by atoms with Crippen molar-refractivity contribution in [2.75, 3.05) is 13.2 Å². The van der Waals surface area contributed by atoms with Crippen LogP contribution in [0.5, 0.6) is 5.75 Å². The Balaban J connectivity index is 2.15. The molecule has 0 saturated carbocycles. The second kappa shape index (κ2) is 9.43. The SMILES string of the molecule is C=CCN(Cc1ccc(C#N)cc1)C(=O)c1cccc(OCC(C)C)c1. The van der Waals surface area contributed by atoms with E-state index in [1.165, 1.54) is 0 Å². The van der Waals surface area contributed by atoms with Crippen molar-refractivity contribution in [3.63, 3.8) is 0 Å². The maximum Gasteiger partial charge on any atom is 0.254 e. The highest BCUT2D eigenvalue weighted by atomic mass is 16.5. The summed E-state index contributed by atoms with van der Waals surface area (Å²) in [5.74, 6) is 1.04. The molecule has 4 nitrogen and oxygen atoms in total. The van der Waals surface area contributed by atoms with Crippen molar-refractivity contribution < 1.29 is 9.53 Å². The van der Waals surface area contributed by atoms with Gasteiger partial charge in [-0.1, -0.05) is 38.1 Å². The van der Waals surface area contributed by atoms with Crippen molar-refractivity contribution in [3.05, 3.63) is 77.9 Å². The number of benzene rings is 2. The summed E-state index contributed by atoms with van der Waals surface area (Å²) in [6, 6.07) is 16.6. The van der Waals surface area contributed by atoms with Gasteiger partial charge in [-0.05, 0) is 41.8 Å². The van der Waals surface area contributed by atoms with Gasteiger partial charge in [-0.25, -0.2) is 0 Å². The molecule has 0 aromatic heterocycles. The van der Waals surface area contributed by atoms with Crippen molar-refractivity contribution in [2.24, 2.45) is 5.92 Å². The molecule has 0 bridgehead atoms. The number of hydrogen-bond acceptors (Lipinski definition) is 3. The quantitative estimate of drug-likeness (QED) is 0.664. The zero-order valence-corrected chi connectivity index (χ0v) is 15.3. The zero-order chi connectivity index (χ0) is 18.9. The number of hydrogen-bond donors (Lipinski definition) is 0. The van der Waals surface area contributed by atoms with Crippen molar-refractivity contribution in [3.8, 4) is 11.8 Å². The van der Waals surface area contributed by atoms with Crippen LogP contribution in [-0.4, -0.2) is 24.0 Å². The van der Waals surface area contributed by atoms with E-state index in [-0.39, 0.29) is 5.91 Å². The van der Waals surface area contributed by atoms with E-state index in [0.29, 0.717) is 42.5 Å². The third-order valence-electron chi connectivity index (χ3n) is 3.76. The third kappa shape index (κ3) is 5.49. The van der Waals surface area contributed by atoms with E-state index >= 15 is 0 Å². The Labute approximate surface area is 155 Å². The largest absolute Gasteiger partial charge is 0.493 e. The monoisotopic (exact) mass is 348 g/mol. The van der Waals surface area contributed by atoms with Gasteiger partial charge >= 0.3 is 0 Å². The first-order valence-electron chi connectivity index (χ1n) is 8.65. The van der Waals surface area contributed by atoms with Crippen molar-refractivity contribution in [1.82, 2.24) is 4.90 Å². The molecule has 134 valence electrons. The highest BCUT2D eigenvalue weighted by Crippen LogP contribution is 2.17. The van der Waals surface area contributed by atoms with Gasteiger partial charge in [-0.2, -0.15) is 5.26 Å². The zero-order valence-electron chi connectivity index (χ0n) is 15.3. The fourth-order valence-electron chi connectivity index (χ4n) is 2.44. The van der Waals surface area contributed by atoms with E-state index < -0.39 is 0 Å². The Morgan fingerprint density at radius 2 is 2.00 bits per heavy atom. The van der Waals surface area contributed by atoms with Crippen LogP contribution in [0.2, 0.25) is 0 Å². The molecule has 0 N–H and O–H groups in total. The minimum absolute atomic E-state index is 0.0794. The Kier molecular flexibility index (Phi) is 6.99. The lowest BCUT2D eigenvalue weighted by atomic mass is 10.1. The standard InChI is InChI=1S/C22H24N2O2/c1-4-12-24(15-19-10-8-18(14-23)9-11-19)22(25)20-6-5-7-21(13-20)26-16-17(2)3/h4-11,13,17H,1,12,15-16H2,2-3H3. The number of amides is 1. The molecule has 2 rings (SSSR count). The van der Waals surface area contributed by atoms with Crippen LogP contribution >= 0.6 is 0 Å². The van der Waals surface area contributed by atoms with Crippen LogP contribution in [0.3, 0.4) is 0 Å². The average Bonchev–Trinajstić information content (AvgIpc) is 2.66. The highest BCUT2D eigenvalue weighted by Gasteiger charge is 2.16. The number of nitriles is 1. The van der Waals surface area contributed by atoms with Gasteiger partial charge in [-0.15, -0.1) is 6.58 Å². The maximum absolute atomic E-state index is 12.9. The highest BCUT2D eigenvalue weighted by molar-refractivity contribution is 5.94. The summed E-state index contributed by atoms with van der Waals surface area (Å²) >= 11 is 0. The van der Waals surface area contributed by atoms with Crippen LogP contribution in [0.1, 0.15) is 35.3 Å². The summed E-state index contributed by atoms with van der Waals surface area (Å²) in [6.07, 6.45) is 1.71. The van der Waals surface area contributed by atoms with E-state index in [1.807, 2.05) is 24.3 Å². The molecule has 0 heterocycles. The second-order valence-electron chi connectivity index (χ2n) is 6.52. The van der Waals surface area contributed by atoms with Crippen molar-refractivity contribution >= 4 is 5.91 Å². The molecule has 0 radical (unpaired) electrons. The summed E-state index contributed by atoms with van der Waals surface area (Å²) in [6.45, 7) is 9.42. The smallest absolute Gasteiger partial charge is 0.254 e. The lowest BCUT2D eigenvalue weighted by Crippen LogP contribution is -2.30. The van der Waals surface area contributed by atoms with Gasteiger partial charge in [0.1, 0.15) is 5.75 Å². The topological polar surface area (TPSA) is 53.3 Å². The second-order valence-corrected chi connectivity index (χ2v) is 6.52. The summed E-state index contributed by atoms with van der Waals surface area (Å²) < 4.78 is 5.72. The lowest BCUT2D eigenvalue weighted by molar-refractivity contribution is 0.0762. The first-order valence-corrected chi connectivity index (χ1v) is 8.65. The molecule has 0 fully saturated rings. The molecule has 4 heteroatoms. The summed E-state index contributed by atoms with van der Waals surface area (Å²) in [5, 5.41) is 8.90. The minimum atomic E-state index is -0.0794. The number of nitrogens with zero attached hydrogens (tertiary/aromatic N) is 2. The molecule has 0 aliphatic heterocycles. The molecule has 2 aromatic rings. The fourth-order valence-corrected chi connectivity index (χ4v) is 2.44. The van der Waals surface area contributed by atoms with Gasteiger partial charge in [0, 0.05) is 18.7 Å². The minimum Gasteiger partial charge on any atom is -0.493 e. The first kappa shape index (κ1) is 19.3. The summed E-state index contributed by atoms with van der Waals surface area (Å²) in [5.41, 5.74) is 2.15. The van der Waals surface area contributed by atoms with Crippen LogP contribution in [0.15, 0.2) is 61.2 Å². The first-order chi connectivity index (χ1) is 12.5. The normalized spacial score (nSPS) is 10.2. The van der Waals surface area contributed by atoms with Crippen LogP contribution < -0.4 is 4.74 Å². The Morgan fingerprint density at radius 3 is 2.62 bits per heavy atom. The van der Waals surface area contributed by atoms with Gasteiger partial charge < -0.3 is 9.64 Å². The van der Waals surface area contributed by atoms with E-state index in [9.17, 15) is 4.79 Å². The van der Waals surface area contributed by atoms with Crippen LogP contribution in [-0.2, 0) is 6.54 Å². The Bertz CT molecular complexity index is 789. The van der Waals surface area contributed by atoms with E-state index in [2.05, 4.69) is 26.5 Å². The van der Waals surface area contributed by atoms with Crippen LogP contribution in [0, 0.1) is 17.2 Å². The molecule has 0 atom stereocenters. The Morgan fingerprint density at radius 1 is 1.27 bits per heavy atom. The van der Waals surface area contributed by atoms with Crippen LogP contribution in [0.4, 0.5) is 0 Å². The predicted octanol–water partition coefficient (Wildman–Crippen LogP) is 4.42. The molecule has 0 saturated heterocycles. The molecular formula is C22H24N2O2. The third-order valence-corrected chi connectivity index (χ3v) is 3.76. The van der Waals surface area contributed by atoms with Crippen LogP contribution in [0.25, 0.3) is 0 Å². The van der Waals surface area contributed by atoms with E-state index in [1.54, 1.807) is 35.2 Å². The van der Waals surface area contributed by atoms with Crippen molar-refractivity contribution in [2.45, 2.75) is 20.4 Å². The number of carbonyl (C=O) groups is 1. The number of ether oxygens (including phenoxy) is 1. The van der Waals surface area contributed by atoms with Gasteiger partial charge in [-0.3, -0.25) is 4.79 Å². The van der Waals surface area contributed by atoms with Gasteiger partial charge in [0.05, 0.1) is 18.2 Å². The predicted molar refractivity (Wildman–Crippen MR) is 103 cm³/mol. The van der Waals surface area contributed by atoms with Gasteiger partial charge in [0.15, 0.2) is 0 Å². The van der Waals surface area contributed by atoms with Crippen molar-refractivity contribution in [1.29, 1.82) is 5.26 Å². The maximum atomic E-state index is 12.9. The average molecular weight is 348 g/mol.